The lowest BCUT2D eigenvalue weighted by atomic mass is 10.1. The number of ether oxygens (including phenoxy) is 3. The molecule has 0 bridgehead atoms. The van der Waals surface area contributed by atoms with Gasteiger partial charge in [-0.15, -0.1) is 0 Å². The van der Waals surface area contributed by atoms with Crippen LogP contribution in [-0.2, 0) is 20.6 Å². The Morgan fingerprint density at radius 1 is 1.47 bits per heavy atom. The highest BCUT2D eigenvalue weighted by atomic mass is 35.5. The molecule has 92 valence electrons. The zero-order valence-electron chi connectivity index (χ0n) is 9.44. The molecule has 0 aromatic heterocycles. The monoisotopic (exact) mass is 256 g/mol. The smallest absolute Gasteiger partial charge is 0.435 e. The molecule has 17 heavy (non-hydrogen) atoms. The van der Waals surface area contributed by atoms with Crippen LogP contribution in [0.15, 0.2) is 24.3 Å². The van der Waals surface area contributed by atoms with Gasteiger partial charge in [0.15, 0.2) is 0 Å². The molecule has 1 fully saturated rings. The maximum absolute atomic E-state index is 11.2. The minimum Gasteiger partial charge on any atom is -0.435 e. The summed E-state index contributed by atoms with van der Waals surface area (Å²) < 4.78 is 15.0. The zero-order chi connectivity index (χ0) is 12.3. The molecule has 1 aliphatic rings. The average molecular weight is 257 g/mol. The number of carbonyl (C=O) groups excluding carboxylic acids is 1. The molecule has 0 amide bonds. The largest absolute Gasteiger partial charge is 0.510 e. The molecule has 0 radical (unpaired) electrons. The van der Waals surface area contributed by atoms with Gasteiger partial charge in [-0.1, -0.05) is 23.7 Å². The molecule has 2 rings (SSSR count). The zero-order valence-corrected chi connectivity index (χ0v) is 10.2. The molecular formula is C12H13ClO4. The first-order valence-electron chi connectivity index (χ1n) is 5.38. The van der Waals surface area contributed by atoms with Crippen LogP contribution in [0.1, 0.15) is 12.5 Å². The number of benzene rings is 1. The van der Waals surface area contributed by atoms with Crippen molar-refractivity contribution in [1.82, 2.24) is 0 Å². The van der Waals surface area contributed by atoms with Crippen molar-refractivity contribution in [2.75, 3.05) is 13.2 Å². The molecule has 4 nitrogen and oxygen atoms in total. The Morgan fingerprint density at radius 2 is 2.12 bits per heavy atom. The summed E-state index contributed by atoms with van der Waals surface area (Å²) in [4.78, 5) is 11.2. The van der Waals surface area contributed by atoms with Crippen molar-refractivity contribution >= 4 is 17.8 Å². The molecule has 5 heteroatoms. The third kappa shape index (κ3) is 3.35. The molecule has 1 saturated heterocycles. The highest BCUT2D eigenvalue weighted by molar-refractivity contribution is 6.30. The summed E-state index contributed by atoms with van der Waals surface area (Å²) in [5.41, 5.74) is 0.996. The summed E-state index contributed by atoms with van der Waals surface area (Å²) >= 11 is 5.79. The third-order valence-corrected chi connectivity index (χ3v) is 2.64. The molecule has 0 N–H and O–H groups in total. The van der Waals surface area contributed by atoms with Crippen LogP contribution in [0.3, 0.4) is 0 Å². The topological polar surface area (TPSA) is 48.1 Å². The predicted molar refractivity (Wildman–Crippen MR) is 61.9 cm³/mol. The van der Waals surface area contributed by atoms with Crippen LogP contribution in [0.25, 0.3) is 0 Å². The lowest BCUT2D eigenvalue weighted by Crippen LogP contribution is -2.24. The highest BCUT2D eigenvalue weighted by Gasteiger charge is 2.49. The van der Waals surface area contributed by atoms with Crippen LogP contribution in [0.5, 0.6) is 0 Å². The molecule has 1 aromatic carbocycles. The Labute approximate surface area is 104 Å². The van der Waals surface area contributed by atoms with Crippen molar-refractivity contribution in [3.63, 3.8) is 0 Å². The highest BCUT2D eigenvalue weighted by Crippen LogP contribution is 2.33. The van der Waals surface area contributed by atoms with Crippen molar-refractivity contribution in [3.05, 3.63) is 34.9 Å². The van der Waals surface area contributed by atoms with Gasteiger partial charge in [0.25, 0.3) is 0 Å². The molecule has 1 aliphatic heterocycles. The molecule has 1 heterocycles. The van der Waals surface area contributed by atoms with Crippen molar-refractivity contribution < 1.29 is 19.0 Å². The van der Waals surface area contributed by atoms with Crippen LogP contribution in [-0.4, -0.2) is 25.2 Å². The fourth-order valence-corrected chi connectivity index (χ4v) is 1.62. The Morgan fingerprint density at radius 3 is 2.65 bits per heavy atom. The second-order valence-corrected chi connectivity index (χ2v) is 4.22. The summed E-state index contributed by atoms with van der Waals surface area (Å²) in [6.45, 7) is 2.41. The fraction of sp³-hybridized carbons (Fsp3) is 0.417. The van der Waals surface area contributed by atoms with Gasteiger partial charge in [0.1, 0.15) is 6.61 Å². The number of rotatable bonds is 4. The third-order valence-electron chi connectivity index (χ3n) is 2.38. The van der Waals surface area contributed by atoms with Gasteiger partial charge in [0.2, 0.25) is 5.79 Å². The van der Waals surface area contributed by atoms with Gasteiger partial charge in [-0.2, -0.15) is 0 Å². The van der Waals surface area contributed by atoms with Crippen LogP contribution in [0.2, 0.25) is 5.02 Å². The van der Waals surface area contributed by atoms with Gasteiger partial charge in [-0.3, -0.25) is 0 Å². The lowest BCUT2D eigenvalue weighted by Gasteiger charge is -2.12. The first-order chi connectivity index (χ1) is 8.13. The van der Waals surface area contributed by atoms with E-state index < -0.39 is 11.9 Å². The minimum atomic E-state index is -0.847. The van der Waals surface area contributed by atoms with E-state index in [0.717, 1.165) is 5.56 Å². The summed E-state index contributed by atoms with van der Waals surface area (Å²) in [5.74, 6) is -0.847. The SMILES string of the molecule is CCOC(=O)OC1(Cc2ccc(Cl)cc2)CO1. The summed E-state index contributed by atoms with van der Waals surface area (Å²) in [5, 5.41) is 0.672. The number of epoxide rings is 1. The second kappa shape index (κ2) is 4.94. The summed E-state index contributed by atoms with van der Waals surface area (Å²) in [6, 6.07) is 7.33. The van der Waals surface area contributed by atoms with E-state index >= 15 is 0 Å². The normalized spacial score (nSPS) is 22.0. The van der Waals surface area contributed by atoms with Crippen molar-refractivity contribution in [3.8, 4) is 0 Å². The van der Waals surface area contributed by atoms with Crippen molar-refractivity contribution in [2.24, 2.45) is 0 Å². The molecular weight excluding hydrogens is 244 g/mol. The van der Waals surface area contributed by atoms with E-state index in [1.165, 1.54) is 0 Å². The van der Waals surface area contributed by atoms with Crippen LogP contribution >= 0.6 is 11.6 Å². The van der Waals surface area contributed by atoms with E-state index in [4.69, 9.17) is 25.8 Å². The Kier molecular flexibility index (Phi) is 3.54. The minimum absolute atomic E-state index is 0.288. The summed E-state index contributed by atoms with van der Waals surface area (Å²) in [7, 11) is 0. The standard InChI is InChI=1S/C12H13ClO4/c1-2-15-11(14)17-12(8-16-12)7-9-3-5-10(13)6-4-9/h3-6H,2,7-8H2,1H3. The van der Waals surface area contributed by atoms with E-state index in [1.54, 1.807) is 19.1 Å². The van der Waals surface area contributed by atoms with Gasteiger partial charge >= 0.3 is 6.16 Å². The average Bonchev–Trinajstić information content (AvgIpc) is 3.02. The number of halogens is 1. The van der Waals surface area contributed by atoms with Crippen molar-refractivity contribution in [2.45, 2.75) is 19.1 Å². The molecule has 0 spiro atoms. The van der Waals surface area contributed by atoms with Crippen LogP contribution in [0.4, 0.5) is 4.79 Å². The number of hydrogen-bond donors (Lipinski definition) is 0. The Hall–Kier alpha value is -1.26. The number of hydrogen-bond acceptors (Lipinski definition) is 4. The van der Waals surface area contributed by atoms with E-state index in [0.29, 0.717) is 18.1 Å². The first-order valence-corrected chi connectivity index (χ1v) is 5.75. The molecule has 1 atom stereocenters. The summed E-state index contributed by atoms with van der Waals surface area (Å²) in [6.07, 6.45) is -0.192. The van der Waals surface area contributed by atoms with Crippen LogP contribution in [0, 0.1) is 0 Å². The van der Waals surface area contributed by atoms with Crippen molar-refractivity contribution in [1.29, 1.82) is 0 Å². The van der Waals surface area contributed by atoms with Gasteiger partial charge in [0.05, 0.1) is 6.61 Å². The van der Waals surface area contributed by atoms with E-state index in [2.05, 4.69) is 0 Å². The second-order valence-electron chi connectivity index (χ2n) is 3.79. The maximum atomic E-state index is 11.2. The predicted octanol–water partition coefficient (Wildman–Crippen LogP) is 2.78. The quantitative estimate of drug-likeness (QED) is 0.614. The van der Waals surface area contributed by atoms with E-state index in [-0.39, 0.29) is 6.61 Å². The van der Waals surface area contributed by atoms with Crippen LogP contribution < -0.4 is 0 Å². The first kappa shape index (κ1) is 12.2. The van der Waals surface area contributed by atoms with Gasteiger partial charge in [-0.05, 0) is 24.6 Å². The molecule has 0 aliphatic carbocycles. The molecule has 1 aromatic rings. The van der Waals surface area contributed by atoms with E-state index in [9.17, 15) is 4.79 Å². The number of carbonyl (C=O) groups is 1. The molecule has 0 saturated carbocycles. The van der Waals surface area contributed by atoms with Gasteiger partial charge in [-0.25, -0.2) is 4.79 Å². The lowest BCUT2D eigenvalue weighted by molar-refractivity contribution is -0.0324. The van der Waals surface area contributed by atoms with E-state index in [1.807, 2.05) is 12.1 Å². The Bertz CT molecular complexity index is 397. The fourth-order valence-electron chi connectivity index (χ4n) is 1.49. The van der Waals surface area contributed by atoms with Gasteiger partial charge in [0, 0.05) is 11.4 Å². The molecule has 1 unspecified atom stereocenters. The Balaban J connectivity index is 1.93. The maximum Gasteiger partial charge on any atom is 0.510 e. The van der Waals surface area contributed by atoms with Gasteiger partial charge < -0.3 is 14.2 Å².